The van der Waals surface area contributed by atoms with Gasteiger partial charge in [-0.3, -0.25) is 13.9 Å². The summed E-state index contributed by atoms with van der Waals surface area (Å²) in [5, 5.41) is 3.07. The van der Waals surface area contributed by atoms with E-state index in [0.717, 1.165) is 28.3 Å². The maximum absolute atomic E-state index is 13.9. The fraction of sp³-hybridized carbons (Fsp3) is 0.375. The number of halogens is 1. The van der Waals surface area contributed by atoms with Crippen molar-refractivity contribution in [3.63, 3.8) is 0 Å². The number of hydrogen-bond donors (Lipinski definition) is 1. The normalized spacial score (nSPS) is 12.7. The zero-order valence-corrected chi connectivity index (χ0v) is 27.0. The smallest absolute Gasteiger partial charge is 0.243 e. The van der Waals surface area contributed by atoms with Crippen LogP contribution in [0.15, 0.2) is 83.3 Å². The van der Waals surface area contributed by atoms with Crippen molar-refractivity contribution in [3.8, 4) is 5.75 Å². The Hall–Kier alpha value is -3.37. The van der Waals surface area contributed by atoms with Crippen LogP contribution in [0.25, 0.3) is 0 Å². The largest absolute Gasteiger partial charge is 0.497 e. The average Bonchev–Trinajstić information content (AvgIpc) is 2.96. The Morgan fingerprint density at radius 2 is 1.67 bits per heavy atom. The molecule has 0 radical (unpaired) electrons. The lowest BCUT2D eigenvalue weighted by atomic mass is 10.0. The standard InChI is InChI=1S/C32H40BrN3O5S/c1-5-24(2)34-32(38)30(21-25-12-7-6-8-13-25)35(23-26-14-9-15-27(33)20-26)31(37)18-11-19-36(42(4,39)40)28-16-10-17-29(22-28)41-3/h6-10,12-17,20,22,24,30H,5,11,18-19,21,23H2,1-4H3,(H,34,38). The van der Waals surface area contributed by atoms with Crippen LogP contribution in [-0.2, 0) is 32.6 Å². The maximum Gasteiger partial charge on any atom is 0.243 e. The SMILES string of the molecule is CCC(C)NC(=O)C(Cc1ccccc1)N(Cc1cccc(Br)c1)C(=O)CCCN(c1cccc(OC)c1)S(C)(=O)=O. The first kappa shape index (κ1) is 33.1. The molecule has 0 saturated heterocycles. The highest BCUT2D eigenvalue weighted by Gasteiger charge is 2.31. The van der Waals surface area contributed by atoms with Crippen molar-refractivity contribution in [2.75, 3.05) is 24.2 Å². The molecule has 0 bridgehead atoms. The monoisotopic (exact) mass is 657 g/mol. The van der Waals surface area contributed by atoms with Gasteiger partial charge in [0.25, 0.3) is 0 Å². The molecule has 0 aromatic heterocycles. The van der Waals surface area contributed by atoms with Gasteiger partial charge < -0.3 is 15.0 Å². The lowest BCUT2D eigenvalue weighted by Gasteiger charge is -2.32. The van der Waals surface area contributed by atoms with Gasteiger partial charge in [0.1, 0.15) is 11.8 Å². The first-order valence-corrected chi connectivity index (χ1v) is 16.7. The second-order valence-electron chi connectivity index (χ2n) is 10.3. The van der Waals surface area contributed by atoms with Gasteiger partial charge in [0.2, 0.25) is 21.8 Å². The Morgan fingerprint density at radius 3 is 2.31 bits per heavy atom. The summed E-state index contributed by atoms with van der Waals surface area (Å²) in [7, 11) is -2.10. The summed E-state index contributed by atoms with van der Waals surface area (Å²) >= 11 is 3.51. The Kier molecular flexibility index (Phi) is 12.4. The molecule has 0 aliphatic carbocycles. The predicted octanol–water partition coefficient (Wildman–Crippen LogP) is 5.56. The van der Waals surface area contributed by atoms with Crippen molar-refractivity contribution < 1.29 is 22.7 Å². The number of nitrogens with zero attached hydrogens (tertiary/aromatic N) is 2. The lowest BCUT2D eigenvalue weighted by Crippen LogP contribution is -2.52. The van der Waals surface area contributed by atoms with E-state index in [-0.39, 0.29) is 43.8 Å². The van der Waals surface area contributed by atoms with Gasteiger partial charge in [-0.2, -0.15) is 0 Å². The quantitative estimate of drug-likeness (QED) is 0.231. The second-order valence-corrected chi connectivity index (χ2v) is 13.1. The van der Waals surface area contributed by atoms with Crippen molar-refractivity contribution in [3.05, 3.63) is 94.5 Å². The van der Waals surface area contributed by atoms with Crippen LogP contribution in [0.1, 0.15) is 44.2 Å². The van der Waals surface area contributed by atoms with Crippen molar-refractivity contribution >= 4 is 43.5 Å². The Morgan fingerprint density at radius 1 is 0.976 bits per heavy atom. The van der Waals surface area contributed by atoms with Crippen LogP contribution >= 0.6 is 15.9 Å². The highest BCUT2D eigenvalue weighted by atomic mass is 79.9. The van der Waals surface area contributed by atoms with Gasteiger partial charge in [-0.25, -0.2) is 8.42 Å². The number of methoxy groups -OCH3 is 1. The number of rotatable bonds is 15. The second kappa shape index (κ2) is 15.7. The molecule has 0 aliphatic rings. The minimum absolute atomic E-state index is 0.0511. The Labute approximate surface area is 258 Å². The molecule has 0 saturated carbocycles. The molecular formula is C32H40BrN3O5S. The fourth-order valence-electron chi connectivity index (χ4n) is 4.60. The summed E-state index contributed by atoms with van der Waals surface area (Å²) in [6.45, 7) is 4.27. The van der Waals surface area contributed by atoms with Crippen LogP contribution in [0.2, 0.25) is 0 Å². The fourth-order valence-corrected chi connectivity index (χ4v) is 6.00. The lowest BCUT2D eigenvalue weighted by molar-refractivity contribution is -0.141. The topological polar surface area (TPSA) is 96.0 Å². The summed E-state index contributed by atoms with van der Waals surface area (Å²) in [6, 6.07) is 23.3. The van der Waals surface area contributed by atoms with Crippen LogP contribution in [0.5, 0.6) is 5.75 Å². The van der Waals surface area contributed by atoms with Gasteiger partial charge in [-0.05, 0) is 55.2 Å². The molecule has 226 valence electrons. The molecule has 0 aliphatic heterocycles. The molecule has 3 aromatic rings. The molecule has 0 spiro atoms. The van der Waals surface area contributed by atoms with Gasteiger partial charge in [0.15, 0.2) is 0 Å². The van der Waals surface area contributed by atoms with E-state index in [2.05, 4.69) is 21.2 Å². The molecule has 2 unspecified atom stereocenters. The molecule has 1 N–H and O–H groups in total. The van der Waals surface area contributed by atoms with Gasteiger partial charge >= 0.3 is 0 Å². The molecule has 2 amide bonds. The van der Waals surface area contributed by atoms with Crippen LogP contribution in [-0.4, -0.2) is 57.1 Å². The first-order valence-electron chi connectivity index (χ1n) is 14.0. The summed E-state index contributed by atoms with van der Waals surface area (Å²) in [5.74, 6) is 0.0912. The van der Waals surface area contributed by atoms with Crippen LogP contribution in [0.4, 0.5) is 5.69 Å². The summed E-state index contributed by atoms with van der Waals surface area (Å²) < 4.78 is 32.8. The van der Waals surface area contributed by atoms with E-state index in [4.69, 9.17) is 4.74 Å². The molecule has 8 nitrogen and oxygen atoms in total. The summed E-state index contributed by atoms with van der Waals surface area (Å²) in [5.41, 5.74) is 2.28. The molecule has 10 heteroatoms. The first-order chi connectivity index (χ1) is 20.0. The number of hydrogen-bond acceptors (Lipinski definition) is 5. The van der Waals surface area contributed by atoms with E-state index >= 15 is 0 Å². The third-order valence-electron chi connectivity index (χ3n) is 7.01. The van der Waals surface area contributed by atoms with Crippen molar-refractivity contribution in [2.24, 2.45) is 0 Å². The zero-order chi connectivity index (χ0) is 30.7. The van der Waals surface area contributed by atoms with E-state index < -0.39 is 16.1 Å². The average molecular weight is 659 g/mol. The van der Waals surface area contributed by atoms with Crippen LogP contribution in [0, 0.1) is 0 Å². The van der Waals surface area contributed by atoms with E-state index in [0.29, 0.717) is 17.9 Å². The molecule has 3 rings (SSSR count). The number of anilines is 1. The number of ether oxygens (including phenoxy) is 1. The van der Waals surface area contributed by atoms with E-state index in [9.17, 15) is 18.0 Å². The van der Waals surface area contributed by atoms with Gasteiger partial charge in [0.05, 0.1) is 19.1 Å². The van der Waals surface area contributed by atoms with E-state index in [1.165, 1.54) is 11.4 Å². The number of sulfonamides is 1. The van der Waals surface area contributed by atoms with Crippen molar-refractivity contribution in [2.45, 2.75) is 58.2 Å². The summed E-state index contributed by atoms with van der Waals surface area (Å²) in [6.07, 6.45) is 2.58. The predicted molar refractivity (Wildman–Crippen MR) is 171 cm³/mol. The number of amides is 2. The van der Waals surface area contributed by atoms with Gasteiger partial charge in [-0.1, -0.05) is 71.4 Å². The molecule has 42 heavy (non-hydrogen) atoms. The maximum atomic E-state index is 13.9. The Balaban J connectivity index is 1.89. The third kappa shape index (κ3) is 9.87. The summed E-state index contributed by atoms with van der Waals surface area (Å²) in [4.78, 5) is 29.2. The molecule has 3 aromatic carbocycles. The molecular weight excluding hydrogens is 618 g/mol. The number of carbonyl (C=O) groups excluding carboxylic acids is 2. The Bertz CT molecular complexity index is 1430. The number of nitrogens with one attached hydrogen (secondary N) is 1. The minimum atomic E-state index is -3.62. The number of benzene rings is 3. The van der Waals surface area contributed by atoms with Crippen molar-refractivity contribution in [1.29, 1.82) is 0 Å². The number of carbonyl (C=O) groups is 2. The minimum Gasteiger partial charge on any atom is -0.497 e. The van der Waals surface area contributed by atoms with Gasteiger partial charge in [-0.15, -0.1) is 0 Å². The van der Waals surface area contributed by atoms with E-state index in [1.807, 2.05) is 68.4 Å². The highest BCUT2D eigenvalue weighted by Crippen LogP contribution is 2.24. The highest BCUT2D eigenvalue weighted by molar-refractivity contribution is 9.10. The molecule has 0 heterocycles. The van der Waals surface area contributed by atoms with Gasteiger partial charge in [0, 0.05) is 42.5 Å². The third-order valence-corrected chi connectivity index (χ3v) is 8.69. The van der Waals surface area contributed by atoms with Crippen LogP contribution in [0.3, 0.4) is 0 Å². The zero-order valence-electron chi connectivity index (χ0n) is 24.6. The van der Waals surface area contributed by atoms with Crippen LogP contribution < -0.4 is 14.4 Å². The molecule has 0 fully saturated rings. The molecule has 2 atom stereocenters. The van der Waals surface area contributed by atoms with Crippen molar-refractivity contribution in [1.82, 2.24) is 10.2 Å². The van der Waals surface area contributed by atoms with E-state index in [1.54, 1.807) is 29.2 Å².